The molecular formula is C22H21N5O3S. The second-order valence-electron chi connectivity index (χ2n) is 7.81. The number of thiazole rings is 1. The summed E-state index contributed by atoms with van der Waals surface area (Å²) in [5.41, 5.74) is 1.11. The summed E-state index contributed by atoms with van der Waals surface area (Å²) in [5, 5.41) is 0.976. The first-order valence-electron chi connectivity index (χ1n) is 10.2. The molecule has 3 heterocycles. The largest absolute Gasteiger partial charge is 0.335 e. The van der Waals surface area contributed by atoms with Gasteiger partial charge in [-0.05, 0) is 38.0 Å². The highest BCUT2D eigenvalue weighted by atomic mass is 32.1. The monoisotopic (exact) mass is 435 g/mol. The summed E-state index contributed by atoms with van der Waals surface area (Å²) in [6.07, 6.45) is 1.99. The van der Waals surface area contributed by atoms with E-state index in [2.05, 4.69) is 15.0 Å². The third-order valence-corrected chi connectivity index (χ3v) is 6.59. The SMILES string of the molecule is CCn1c(=O)[nH]c(=O)c2c(C(=O)N(C)Cc3nc4ccccc4s3)cc(C3CC3)nc21. The highest BCUT2D eigenvalue weighted by Crippen LogP contribution is 2.40. The van der Waals surface area contributed by atoms with Crippen LogP contribution in [-0.4, -0.2) is 37.4 Å². The Hall–Kier alpha value is -3.33. The third-order valence-electron chi connectivity index (χ3n) is 5.57. The van der Waals surface area contributed by atoms with Gasteiger partial charge in [0.25, 0.3) is 11.5 Å². The van der Waals surface area contributed by atoms with Crippen LogP contribution in [0.4, 0.5) is 0 Å². The molecule has 0 atom stereocenters. The Morgan fingerprint density at radius 3 is 2.74 bits per heavy atom. The maximum atomic E-state index is 13.4. The molecule has 8 nitrogen and oxygen atoms in total. The van der Waals surface area contributed by atoms with Gasteiger partial charge in [0.1, 0.15) is 5.01 Å². The molecule has 0 unspecified atom stereocenters. The minimum Gasteiger partial charge on any atom is -0.335 e. The Morgan fingerprint density at radius 2 is 2.03 bits per heavy atom. The number of hydrogen-bond acceptors (Lipinski definition) is 6. The number of aromatic nitrogens is 4. The van der Waals surface area contributed by atoms with Gasteiger partial charge in [0.15, 0.2) is 5.65 Å². The van der Waals surface area contributed by atoms with Crippen LogP contribution in [0.15, 0.2) is 39.9 Å². The first-order valence-corrected chi connectivity index (χ1v) is 11.1. The van der Waals surface area contributed by atoms with Crippen LogP contribution in [-0.2, 0) is 13.1 Å². The molecule has 1 aliphatic carbocycles. The summed E-state index contributed by atoms with van der Waals surface area (Å²) in [7, 11) is 1.70. The van der Waals surface area contributed by atoms with E-state index in [-0.39, 0.29) is 28.4 Å². The first kappa shape index (κ1) is 19.6. The zero-order chi connectivity index (χ0) is 21.7. The van der Waals surface area contributed by atoms with Crippen molar-refractivity contribution in [3.05, 3.63) is 67.4 Å². The lowest BCUT2D eigenvalue weighted by Gasteiger charge is -2.18. The number of H-pyrrole nitrogens is 1. The molecule has 4 aromatic rings. The van der Waals surface area contributed by atoms with Crippen LogP contribution in [0.1, 0.15) is 46.7 Å². The van der Waals surface area contributed by atoms with Crippen molar-refractivity contribution in [2.24, 2.45) is 0 Å². The fourth-order valence-corrected chi connectivity index (χ4v) is 4.83. The van der Waals surface area contributed by atoms with Crippen molar-refractivity contribution < 1.29 is 4.79 Å². The lowest BCUT2D eigenvalue weighted by atomic mass is 10.1. The number of aromatic amines is 1. The van der Waals surface area contributed by atoms with Crippen LogP contribution >= 0.6 is 11.3 Å². The molecule has 31 heavy (non-hydrogen) atoms. The van der Waals surface area contributed by atoms with E-state index in [1.807, 2.05) is 31.2 Å². The average Bonchev–Trinajstić information content (AvgIpc) is 3.52. The van der Waals surface area contributed by atoms with Crippen molar-refractivity contribution in [2.45, 2.75) is 38.8 Å². The zero-order valence-electron chi connectivity index (χ0n) is 17.2. The van der Waals surface area contributed by atoms with Crippen LogP contribution in [0.3, 0.4) is 0 Å². The van der Waals surface area contributed by atoms with Crippen molar-refractivity contribution in [2.75, 3.05) is 7.05 Å². The van der Waals surface area contributed by atoms with Gasteiger partial charge in [0.2, 0.25) is 0 Å². The van der Waals surface area contributed by atoms with Crippen LogP contribution in [0.25, 0.3) is 21.3 Å². The van der Waals surface area contributed by atoms with E-state index in [4.69, 9.17) is 0 Å². The average molecular weight is 436 g/mol. The molecule has 0 aliphatic heterocycles. The Bertz CT molecular complexity index is 1410. The summed E-state index contributed by atoms with van der Waals surface area (Å²) in [5.74, 6) is -0.0226. The van der Waals surface area contributed by atoms with E-state index in [9.17, 15) is 14.4 Å². The molecule has 1 fully saturated rings. The van der Waals surface area contributed by atoms with E-state index >= 15 is 0 Å². The lowest BCUT2D eigenvalue weighted by molar-refractivity contribution is 0.0786. The predicted octanol–water partition coefficient (Wildman–Crippen LogP) is 2.86. The Labute approximate surface area is 181 Å². The van der Waals surface area contributed by atoms with Crippen LogP contribution in [0.2, 0.25) is 0 Å². The van der Waals surface area contributed by atoms with Crippen molar-refractivity contribution in [3.8, 4) is 0 Å². The van der Waals surface area contributed by atoms with Gasteiger partial charge in [-0.3, -0.25) is 19.1 Å². The van der Waals surface area contributed by atoms with Gasteiger partial charge >= 0.3 is 5.69 Å². The van der Waals surface area contributed by atoms with Crippen molar-refractivity contribution in [1.82, 2.24) is 24.4 Å². The smallest absolute Gasteiger partial charge is 0.329 e. The standard InChI is InChI=1S/C22H21N5O3S/c1-3-27-19-18(20(28)25-22(27)30)13(10-15(24-19)12-8-9-12)21(29)26(2)11-17-23-14-6-4-5-7-16(14)31-17/h4-7,10,12H,3,8-9,11H2,1-2H3,(H,25,28,30). The van der Waals surface area contributed by atoms with Crippen molar-refractivity contribution in [1.29, 1.82) is 0 Å². The molecule has 5 rings (SSSR count). The van der Waals surface area contributed by atoms with Gasteiger partial charge in [-0.1, -0.05) is 12.1 Å². The summed E-state index contributed by atoms with van der Waals surface area (Å²) in [6, 6.07) is 9.56. The van der Waals surface area contributed by atoms with Gasteiger partial charge in [0.05, 0.1) is 27.7 Å². The molecule has 1 aromatic carbocycles. The number of rotatable bonds is 5. The number of amides is 1. The maximum Gasteiger partial charge on any atom is 0.329 e. The van der Waals surface area contributed by atoms with Crippen LogP contribution in [0.5, 0.6) is 0 Å². The van der Waals surface area contributed by atoms with E-state index in [1.165, 1.54) is 4.57 Å². The number of nitrogens with one attached hydrogen (secondary N) is 1. The third kappa shape index (κ3) is 3.44. The molecule has 0 bridgehead atoms. The number of aryl methyl sites for hydroxylation is 1. The second kappa shape index (κ2) is 7.42. The molecule has 0 saturated heterocycles. The summed E-state index contributed by atoms with van der Waals surface area (Å²) in [4.78, 5) is 51.5. The van der Waals surface area contributed by atoms with E-state index in [1.54, 1.807) is 29.4 Å². The molecule has 0 spiro atoms. The van der Waals surface area contributed by atoms with Crippen molar-refractivity contribution in [3.63, 3.8) is 0 Å². The normalized spacial score (nSPS) is 13.7. The number of nitrogens with zero attached hydrogens (tertiary/aromatic N) is 4. The second-order valence-corrected chi connectivity index (χ2v) is 8.92. The Morgan fingerprint density at radius 1 is 1.26 bits per heavy atom. The number of fused-ring (bicyclic) bond motifs is 2. The summed E-state index contributed by atoms with van der Waals surface area (Å²) in [6.45, 7) is 2.49. The van der Waals surface area contributed by atoms with E-state index < -0.39 is 11.2 Å². The number of carbonyl (C=O) groups excluding carboxylic acids is 1. The highest BCUT2D eigenvalue weighted by Gasteiger charge is 2.29. The molecule has 1 amide bonds. The van der Waals surface area contributed by atoms with Crippen LogP contribution in [0, 0.1) is 0 Å². The zero-order valence-corrected chi connectivity index (χ0v) is 18.0. The van der Waals surface area contributed by atoms with Crippen molar-refractivity contribution >= 4 is 38.5 Å². The Kier molecular flexibility index (Phi) is 4.70. The number of benzene rings is 1. The molecular weight excluding hydrogens is 414 g/mol. The topological polar surface area (TPSA) is 101 Å². The minimum absolute atomic E-state index is 0.159. The summed E-state index contributed by atoms with van der Waals surface area (Å²) < 4.78 is 2.47. The van der Waals surface area contributed by atoms with Gasteiger partial charge in [-0.25, -0.2) is 14.8 Å². The molecule has 1 saturated carbocycles. The van der Waals surface area contributed by atoms with Gasteiger partial charge in [-0.15, -0.1) is 11.3 Å². The fourth-order valence-electron chi connectivity index (χ4n) is 3.81. The molecule has 158 valence electrons. The molecule has 0 radical (unpaired) electrons. The summed E-state index contributed by atoms with van der Waals surface area (Å²) >= 11 is 1.54. The molecule has 1 N–H and O–H groups in total. The lowest BCUT2D eigenvalue weighted by Crippen LogP contribution is -2.33. The highest BCUT2D eigenvalue weighted by molar-refractivity contribution is 7.18. The number of pyridine rings is 1. The molecule has 9 heteroatoms. The van der Waals surface area contributed by atoms with Gasteiger partial charge in [0, 0.05) is 25.2 Å². The van der Waals surface area contributed by atoms with Gasteiger partial charge in [-0.2, -0.15) is 0 Å². The quantitative estimate of drug-likeness (QED) is 0.519. The maximum absolute atomic E-state index is 13.4. The number of para-hydroxylation sites is 1. The van der Waals surface area contributed by atoms with Gasteiger partial charge < -0.3 is 4.90 Å². The van der Waals surface area contributed by atoms with E-state index in [0.717, 1.165) is 33.8 Å². The molecule has 1 aliphatic rings. The Balaban J connectivity index is 1.60. The van der Waals surface area contributed by atoms with E-state index in [0.29, 0.717) is 13.1 Å². The first-order chi connectivity index (χ1) is 15.0. The minimum atomic E-state index is -0.587. The predicted molar refractivity (Wildman–Crippen MR) is 120 cm³/mol. The number of hydrogen-bond donors (Lipinski definition) is 1. The number of carbonyl (C=O) groups is 1. The molecule has 3 aromatic heterocycles. The fraction of sp³-hybridized carbons (Fsp3) is 0.318. The van der Waals surface area contributed by atoms with Crippen LogP contribution < -0.4 is 11.2 Å².